The highest BCUT2D eigenvalue weighted by atomic mass is 32.2. The first kappa shape index (κ1) is 23.0. The van der Waals surface area contributed by atoms with Crippen LogP contribution in [0.25, 0.3) is 0 Å². The van der Waals surface area contributed by atoms with Crippen LogP contribution in [0.4, 0.5) is 5.69 Å². The second kappa shape index (κ2) is 9.77. The summed E-state index contributed by atoms with van der Waals surface area (Å²) < 4.78 is 31.9. The van der Waals surface area contributed by atoms with Crippen LogP contribution < -0.4 is 4.72 Å². The molecule has 10 heteroatoms. The second-order valence-corrected chi connectivity index (χ2v) is 14.5. The molecule has 1 rings (SSSR count). The minimum Gasteiger partial charge on any atom is -0.468 e. The Bertz CT molecular complexity index is 785. The molecule has 1 N–H and O–H groups in total. The van der Waals surface area contributed by atoms with E-state index in [4.69, 9.17) is 0 Å². The number of nitrogens with zero attached hydrogens (tertiary/aromatic N) is 1. The van der Waals surface area contributed by atoms with Gasteiger partial charge in [-0.05, 0) is 31.0 Å². The minimum absolute atomic E-state index is 0.156. The van der Waals surface area contributed by atoms with Crippen LogP contribution in [-0.2, 0) is 19.6 Å². The van der Waals surface area contributed by atoms with Gasteiger partial charge in [0.1, 0.15) is 6.04 Å². The molecular weight excluding hydrogens is 388 g/mol. The molecule has 0 amide bonds. The van der Waals surface area contributed by atoms with Gasteiger partial charge in [0.05, 0.1) is 16.9 Å². The summed E-state index contributed by atoms with van der Waals surface area (Å²) in [6.45, 7) is 6.73. The zero-order valence-electron chi connectivity index (χ0n) is 16.0. The van der Waals surface area contributed by atoms with E-state index in [1.165, 1.54) is 7.11 Å². The predicted molar refractivity (Wildman–Crippen MR) is 106 cm³/mol. The number of sulfonamides is 1. The van der Waals surface area contributed by atoms with Gasteiger partial charge in [-0.25, -0.2) is 8.42 Å². The van der Waals surface area contributed by atoms with Crippen LogP contribution in [0.15, 0.2) is 41.3 Å². The molecule has 1 aromatic rings. The lowest BCUT2D eigenvalue weighted by Crippen LogP contribution is -2.41. The second-order valence-electron chi connectivity index (χ2n) is 7.26. The molecule has 0 aliphatic heterocycles. The number of hydrogen-bond acceptors (Lipinski definition) is 6. The number of carbonyl (C=O) groups is 1. The van der Waals surface area contributed by atoms with Crippen molar-refractivity contribution in [3.05, 3.63) is 46.5 Å². The van der Waals surface area contributed by atoms with Crippen molar-refractivity contribution in [1.82, 2.24) is 4.72 Å². The van der Waals surface area contributed by atoms with E-state index in [-0.39, 0.29) is 17.0 Å². The monoisotopic (exact) mass is 414 g/mol. The van der Waals surface area contributed by atoms with E-state index in [0.29, 0.717) is 6.42 Å². The third-order valence-corrected chi connectivity index (χ3v) is 6.61. The SMILES string of the molecule is COC(=O)[C@H](CC/C=C/C[Si](C)(C)C)NS(=O)(=O)c1ccc([N+](=O)[O-])cc1. The Morgan fingerprint density at radius 2 is 1.85 bits per heavy atom. The summed E-state index contributed by atoms with van der Waals surface area (Å²) in [5.41, 5.74) is -0.217. The van der Waals surface area contributed by atoms with E-state index < -0.39 is 35.0 Å². The first-order valence-corrected chi connectivity index (χ1v) is 13.6. The Labute approximate surface area is 160 Å². The molecule has 1 aromatic carbocycles. The maximum Gasteiger partial charge on any atom is 0.323 e. The van der Waals surface area contributed by atoms with Gasteiger partial charge in [-0.3, -0.25) is 14.9 Å². The smallest absolute Gasteiger partial charge is 0.323 e. The quantitative estimate of drug-likeness (QED) is 0.207. The fraction of sp³-hybridized carbons (Fsp3) is 0.471. The van der Waals surface area contributed by atoms with E-state index in [9.17, 15) is 23.3 Å². The Morgan fingerprint density at radius 3 is 2.33 bits per heavy atom. The number of carbonyl (C=O) groups excluding carboxylic acids is 1. The van der Waals surface area contributed by atoms with Crippen LogP contribution in [0.3, 0.4) is 0 Å². The van der Waals surface area contributed by atoms with Crippen molar-refractivity contribution in [2.75, 3.05) is 7.11 Å². The lowest BCUT2D eigenvalue weighted by atomic mass is 10.1. The Morgan fingerprint density at radius 1 is 1.26 bits per heavy atom. The largest absolute Gasteiger partial charge is 0.468 e. The molecule has 0 bridgehead atoms. The predicted octanol–water partition coefficient (Wildman–Crippen LogP) is 3.09. The number of hydrogen-bond donors (Lipinski definition) is 1. The first-order valence-electron chi connectivity index (χ1n) is 8.46. The van der Waals surface area contributed by atoms with Crippen LogP contribution in [0.5, 0.6) is 0 Å². The molecule has 0 spiro atoms. The lowest BCUT2D eigenvalue weighted by molar-refractivity contribution is -0.384. The summed E-state index contributed by atoms with van der Waals surface area (Å²) in [7, 11) is -4.02. The number of ether oxygens (including phenoxy) is 1. The van der Waals surface area contributed by atoms with E-state index in [1.807, 2.05) is 6.08 Å². The Balaban J connectivity index is 2.82. The average Bonchev–Trinajstić information content (AvgIpc) is 2.58. The molecule has 1 atom stereocenters. The van der Waals surface area contributed by atoms with Crippen molar-refractivity contribution >= 4 is 29.8 Å². The number of nitro benzene ring substituents is 1. The highest BCUT2D eigenvalue weighted by Gasteiger charge is 2.26. The van der Waals surface area contributed by atoms with Crippen LogP contribution in [0, 0.1) is 10.1 Å². The maximum absolute atomic E-state index is 12.5. The van der Waals surface area contributed by atoms with Gasteiger partial charge in [0.15, 0.2) is 0 Å². The summed E-state index contributed by atoms with van der Waals surface area (Å²) in [5.74, 6) is -0.681. The van der Waals surface area contributed by atoms with E-state index in [2.05, 4.69) is 35.2 Å². The zero-order chi connectivity index (χ0) is 20.7. The molecule has 0 aliphatic carbocycles. The molecule has 0 saturated carbocycles. The molecule has 0 unspecified atom stereocenters. The summed E-state index contributed by atoms with van der Waals surface area (Å²) in [6, 6.07) is 4.42. The van der Waals surface area contributed by atoms with Crippen molar-refractivity contribution in [3.8, 4) is 0 Å². The summed E-state index contributed by atoms with van der Waals surface area (Å²) >= 11 is 0. The van der Waals surface area contributed by atoms with Crippen molar-refractivity contribution in [2.24, 2.45) is 0 Å². The molecule has 0 heterocycles. The summed E-state index contributed by atoms with van der Waals surface area (Å²) in [5, 5.41) is 10.7. The molecule has 0 aliphatic rings. The summed E-state index contributed by atoms with van der Waals surface area (Å²) in [6.07, 6.45) is 4.77. The molecule has 0 radical (unpaired) electrons. The van der Waals surface area contributed by atoms with Crippen molar-refractivity contribution < 1.29 is 22.9 Å². The van der Waals surface area contributed by atoms with Crippen LogP contribution in [0.1, 0.15) is 12.8 Å². The molecule has 27 heavy (non-hydrogen) atoms. The topological polar surface area (TPSA) is 116 Å². The molecular formula is C17H26N2O6SSi. The van der Waals surface area contributed by atoms with Crippen LogP contribution in [-0.4, -0.2) is 40.5 Å². The third kappa shape index (κ3) is 8.02. The van der Waals surface area contributed by atoms with Crippen molar-refractivity contribution in [1.29, 1.82) is 0 Å². The number of nitrogens with one attached hydrogen (secondary N) is 1. The Hall–Kier alpha value is -2.04. The highest BCUT2D eigenvalue weighted by Crippen LogP contribution is 2.17. The fourth-order valence-electron chi connectivity index (χ4n) is 2.19. The van der Waals surface area contributed by atoms with Crippen LogP contribution >= 0.6 is 0 Å². The third-order valence-electron chi connectivity index (χ3n) is 3.66. The van der Waals surface area contributed by atoms with Gasteiger partial charge in [-0.15, -0.1) is 0 Å². The van der Waals surface area contributed by atoms with Gasteiger partial charge in [0.25, 0.3) is 5.69 Å². The molecule has 0 fully saturated rings. The van der Waals surface area contributed by atoms with E-state index >= 15 is 0 Å². The van der Waals surface area contributed by atoms with Gasteiger partial charge in [-0.2, -0.15) is 4.72 Å². The molecule has 0 aromatic heterocycles. The number of methoxy groups -OCH3 is 1. The standard InChI is InChI=1S/C17H26N2O6SSi/c1-25-17(20)16(8-6-5-7-13-27(2,3)4)18-26(23,24)15-11-9-14(10-12-15)19(21)22/h5,7,9-12,16,18H,6,8,13H2,1-4H3/b7-5+/t16-/m0/s1. The van der Waals surface area contributed by atoms with E-state index in [0.717, 1.165) is 30.3 Å². The van der Waals surface area contributed by atoms with Gasteiger partial charge in [0.2, 0.25) is 10.0 Å². The van der Waals surface area contributed by atoms with Crippen molar-refractivity contribution in [2.45, 2.75) is 49.5 Å². The molecule has 8 nitrogen and oxygen atoms in total. The number of rotatable bonds is 10. The van der Waals surface area contributed by atoms with E-state index in [1.54, 1.807) is 0 Å². The van der Waals surface area contributed by atoms with Gasteiger partial charge in [0, 0.05) is 20.2 Å². The number of benzene rings is 1. The first-order chi connectivity index (χ1) is 12.5. The van der Waals surface area contributed by atoms with Crippen molar-refractivity contribution in [3.63, 3.8) is 0 Å². The highest BCUT2D eigenvalue weighted by molar-refractivity contribution is 7.89. The summed E-state index contributed by atoms with van der Waals surface area (Å²) in [4.78, 5) is 21.8. The van der Waals surface area contributed by atoms with Gasteiger partial charge >= 0.3 is 5.97 Å². The lowest BCUT2D eigenvalue weighted by Gasteiger charge is -2.16. The zero-order valence-corrected chi connectivity index (χ0v) is 17.8. The average molecular weight is 415 g/mol. The number of non-ortho nitro benzene ring substituents is 1. The molecule has 150 valence electrons. The maximum atomic E-state index is 12.5. The van der Waals surface area contributed by atoms with Gasteiger partial charge < -0.3 is 4.74 Å². The molecule has 0 saturated heterocycles. The number of nitro groups is 1. The van der Waals surface area contributed by atoms with Crippen LogP contribution in [0.2, 0.25) is 25.7 Å². The number of esters is 1. The number of allylic oxidation sites excluding steroid dienone is 2. The fourth-order valence-corrected chi connectivity index (χ4v) is 4.28. The minimum atomic E-state index is -4.01. The normalized spacial score (nSPS) is 13.5. The van der Waals surface area contributed by atoms with Gasteiger partial charge in [-0.1, -0.05) is 31.8 Å². The Kier molecular flexibility index (Phi) is 8.32.